The van der Waals surface area contributed by atoms with Crippen LogP contribution in [0.4, 0.5) is 5.82 Å². The van der Waals surface area contributed by atoms with Crippen molar-refractivity contribution in [1.82, 2.24) is 9.97 Å². The third-order valence-corrected chi connectivity index (χ3v) is 3.30. The van der Waals surface area contributed by atoms with E-state index < -0.39 is 0 Å². The normalized spacial score (nSPS) is 20.1. The van der Waals surface area contributed by atoms with Crippen LogP contribution in [-0.4, -0.2) is 22.0 Å². The van der Waals surface area contributed by atoms with E-state index in [1.165, 1.54) is 12.8 Å². The fourth-order valence-corrected chi connectivity index (χ4v) is 2.39. The topological polar surface area (TPSA) is 55.2 Å². The van der Waals surface area contributed by atoms with Crippen LogP contribution in [0, 0.1) is 0 Å². The molecule has 1 aliphatic carbocycles. The van der Waals surface area contributed by atoms with Gasteiger partial charge in [0.1, 0.15) is 5.82 Å². The first-order valence-electron chi connectivity index (χ1n) is 5.77. The minimum absolute atomic E-state index is 0.0722. The molecular formula is C12H13N3O. The number of hydrogen-bond acceptors (Lipinski definition) is 4. The zero-order valence-corrected chi connectivity index (χ0v) is 9.02. The predicted octanol–water partition coefficient (Wildman–Crippen LogP) is 2.42. The first kappa shape index (κ1) is 9.63. The first-order valence-corrected chi connectivity index (χ1v) is 5.77. The minimum atomic E-state index is 0.0722. The molecule has 0 spiro atoms. The van der Waals surface area contributed by atoms with Crippen molar-refractivity contribution in [1.29, 1.82) is 0 Å². The largest absolute Gasteiger partial charge is 0.294 e. The Kier molecular flexibility index (Phi) is 2.27. The van der Waals surface area contributed by atoms with Crippen molar-refractivity contribution in [2.24, 2.45) is 4.99 Å². The van der Waals surface area contributed by atoms with Crippen LogP contribution in [0.5, 0.6) is 0 Å². The molecule has 0 saturated heterocycles. The average Bonchev–Trinajstić information content (AvgIpc) is 2.82. The Hall–Kier alpha value is -1.58. The van der Waals surface area contributed by atoms with Gasteiger partial charge in [-0.3, -0.25) is 4.79 Å². The minimum Gasteiger partial charge on any atom is -0.294 e. The Morgan fingerprint density at radius 2 is 2.06 bits per heavy atom. The Labute approximate surface area is 93.8 Å². The predicted molar refractivity (Wildman–Crippen MR) is 60.3 cm³/mol. The Morgan fingerprint density at radius 1 is 1.25 bits per heavy atom. The number of hydrogen-bond donors (Lipinski definition) is 0. The summed E-state index contributed by atoms with van der Waals surface area (Å²) in [5, 5.41) is 0. The van der Waals surface area contributed by atoms with Gasteiger partial charge in [-0.05, 0) is 12.8 Å². The number of fused-ring (bicyclic) bond motifs is 1. The van der Waals surface area contributed by atoms with Gasteiger partial charge in [0.05, 0.1) is 5.56 Å². The molecule has 4 nitrogen and oxygen atoms in total. The summed E-state index contributed by atoms with van der Waals surface area (Å²) in [6, 6.07) is 0. The summed E-state index contributed by atoms with van der Waals surface area (Å²) >= 11 is 0. The quantitative estimate of drug-likeness (QED) is 0.722. The van der Waals surface area contributed by atoms with E-state index in [0.29, 0.717) is 23.7 Å². The highest BCUT2D eigenvalue weighted by atomic mass is 16.1. The van der Waals surface area contributed by atoms with E-state index in [9.17, 15) is 4.79 Å². The van der Waals surface area contributed by atoms with Crippen molar-refractivity contribution in [3.63, 3.8) is 0 Å². The third kappa shape index (κ3) is 1.54. The van der Waals surface area contributed by atoms with Crippen LogP contribution in [0.2, 0.25) is 0 Å². The molecule has 82 valence electrons. The SMILES string of the molecule is O=C1CC=Nc2nc(C3CCCC3)ncc21. The maximum Gasteiger partial charge on any atom is 0.173 e. The van der Waals surface area contributed by atoms with E-state index in [2.05, 4.69) is 15.0 Å². The average molecular weight is 215 g/mol. The van der Waals surface area contributed by atoms with Crippen molar-refractivity contribution in [2.75, 3.05) is 0 Å². The number of aliphatic imine (C=N–C) groups is 1. The van der Waals surface area contributed by atoms with Gasteiger partial charge in [0.25, 0.3) is 0 Å². The van der Waals surface area contributed by atoms with E-state index in [4.69, 9.17) is 0 Å². The zero-order chi connectivity index (χ0) is 11.0. The highest BCUT2D eigenvalue weighted by Crippen LogP contribution is 2.33. The molecule has 3 rings (SSSR count). The van der Waals surface area contributed by atoms with Gasteiger partial charge >= 0.3 is 0 Å². The van der Waals surface area contributed by atoms with Gasteiger partial charge in [-0.1, -0.05) is 12.8 Å². The van der Waals surface area contributed by atoms with Crippen molar-refractivity contribution in [3.05, 3.63) is 17.6 Å². The van der Waals surface area contributed by atoms with Gasteiger partial charge in [0.15, 0.2) is 11.6 Å². The molecule has 0 radical (unpaired) electrons. The van der Waals surface area contributed by atoms with Crippen LogP contribution in [0.3, 0.4) is 0 Å². The third-order valence-electron chi connectivity index (χ3n) is 3.30. The summed E-state index contributed by atoms with van der Waals surface area (Å²) in [6.45, 7) is 0. The highest BCUT2D eigenvalue weighted by molar-refractivity contribution is 6.09. The second-order valence-corrected chi connectivity index (χ2v) is 4.39. The summed E-state index contributed by atoms with van der Waals surface area (Å²) in [4.78, 5) is 24.5. The number of aromatic nitrogens is 2. The molecule has 2 aliphatic rings. The van der Waals surface area contributed by atoms with Gasteiger partial charge in [-0.15, -0.1) is 0 Å². The van der Waals surface area contributed by atoms with Gasteiger partial charge in [-0.2, -0.15) is 0 Å². The van der Waals surface area contributed by atoms with E-state index in [-0.39, 0.29) is 5.78 Å². The lowest BCUT2D eigenvalue weighted by molar-refractivity contribution is 0.1000. The number of Topliss-reactive ketones (excluding diaryl/α,β-unsaturated/α-hetero) is 1. The number of carbonyl (C=O) groups excluding carboxylic acids is 1. The summed E-state index contributed by atoms with van der Waals surface area (Å²) < 4.78 is 0. The Bertz CT molecular complexity index is 461. The van der Waals surface area contributed by atoms with E-state index in [1.54, 1.807) is 12.4 Å². The van der Waals surface area contributed by atoms with Gasteiger partial charge in [-0.25, -0.2) is 15.0 Å². The zero-order valence-electron chi connectivity index (χ0n) is 9.02. The molecule has 0 unspecified atom stereocenters. The van der Waals surface area contributed by atoms with E-state index >= 15 is 0 Å². The molecule has 0 aromatic carbocycles. The van der Waals surface area contributed by atoms with E-state index in [0.717, 1.165) is 18.7 Å². The van der Waals surface area contributed by atoms with Crippen LogP contribution >= 0.6 is 0 Å². The van der Waals surface area contributed by atoms with Crippen LogP contribution in [-0.2, 0) is 0 Å². The molecular weight excluding hydrogens is 202 g/mol. The van der Waals surface area contributed by atoms with Crippen LogP contribution in [0.1, 0.15) is 54.2 Å². The molecule has 1 aromatic heterocycles. The smallest absolute Gasteiger partial charge is 0.173 e. The number of carbonyl (C=O) groups is 1. The lowest BCUT2D eigenvalue weighted by atomic mass is 10.1. The van der Waals surface area contributed by atoms with Crippen molar-refractivity contribution in [3.8, 4) is 0 Å². The van der Waals surface area contributed by atoms with Gasteiger partial charge in [0.2, 0.25) is 0 Å². The second-order valence-electron chi connectivity index (χ2n) is 4.39. The molecule has 0 N–H and O–H groups in total. The molecule has 1 saturated carbocycles. The van der Waals surface area contributed by atoms with Crippen LogP contribution < -0.4 is 0 Å². The molecule has 1 aromatic rings. The maximum atomic E-state index is 11.5. The summed E-state index contributed by atoms with van der Waals surface area (Å²) in [7, 11) is 0. The number of ketones is 1. The monoisotopic (exact) mass is 215 g/mol. The molecule has 0 amide bonds. The van der Waals surface area contributed by atoms with Gasteiger partial charge in [0, 0.05) is 24.8 Å². The van der Waals surface area contributed by atoms with Crippen molar-refractivity contribution >= 4 is 17.8 Å². The highest BCUT2D eigenvalue weighted by Gasteiger charge is 2.23. The Morgan fingerprint density at radius 3 is 2.88 bits per heavy atom. The number of nitrogens with zero attached hydrogens (tertiary/aromatic N) is 3. The lowest BCUT2D eigenvalue weighted by Gasteiger charge is -2.11. The van der Waals surface area contributed by atoms with Crippen molar-refractivity contribution < 1.29 is 4.79 Å². The van der Waals surface area contributed by atoms with Crippen molar-refractivity contribution in [2.45, 2.75) is 38.0 Å². The molecule has 16 heavy (non-hydrogen) atoms. The lowest BCUT2D eigenvalue weighted by Crippen LogP contribution is -2.09. The van der Waals surface area contributed by atoms with Gasteiger partial charge < -0.3 is 0 Å². The molecule has 0 bridgehead atoms. The summed E-state index contributed by atoms with van der Waals surface area (Å²) in [5.41, 5.74) is 0.573. The van der Waals surface area contributed by atoms with Crippen LogP contribution in [0.15, 0.2) is 11.2 Å². The molecule has 0 atom stereocenters. The molecule has 1 aliphatic heterocycles. The van der Waals surface area contributed by atoms with Crippen LogP contribution in [0.25, 0.3) is 0 Å². The number of rotatable bonds is 1. The fraction of sp³-hybridized carbons (Fsp3) is 0.500. The van der Waals surface area contributed by atoms with E-state index in [1.807, 2.05) is 0 Å². The maximum absolute atomic E-state index is 11.5. The fourth-order valence-electron chi connectivity index (χ4n) is 2.39. The molecule has 2 heterocycles. The molecule has 4 heteroatoms. The second kappa shape index (κ2) is 3.77. The summed E-state index contributed by atoms with van der Waals surface area (Å²) in [5.74, 6) is 1.97. The standard InChI is InChI=1S/C12H13N3O/c16-10-5-6-13-12-9(10)7-14-11(15-12)8-3-1-2-4-8/h6-8H,1-5H2. The molecule has 1 fully saturated rings. The summed E-state index contributed by atoms with van der Waals surface area (Å²) in [6.07, 6.45) is 8.50. The Balaban J connectivity index is 1.99. The first-order chi connectivity index (χ1) is 7.84.